The number of benzene rings is 1. The Balaban J connectivity index is 2.20. The Labute approximate surface area is 125 Å². The molecule has 0 fully saturated rings. The molecule has 0 aliphatic heterocycles. The second-order valence-corrected chi connectivity index (χ2v) is 5.66. The molecule has 3 rings (SSSR count). The second kappa shape index (κ2) is 5.23. The maximum atomic E-state index is 11.6. The van der Waals surface area contributed by atoms with Crippen LogP contribution in [0.25, 0.3) is 16.3 Å². The van der Waals surface area contributed by atoms with Crippen LogP contribution >= 0.6 is 22.9 Å². The summed E-state index contributed by atoms with van der Waals surface area (Å²) in [6.07, 6.45) is 0. The fourth-order valence-corrected chi connectivity index (χ4v) is 2.87. The maximum absolute atomic E-state index is 11.6. The van der Waals surface area contributed by atoms with Crippen molar-refractivity contribution in [3.8, 4) is 16.3 Å². The Morgan fingerprint density at radius 1 is 1.25 bits per heavy atom. The Morgan fingerprint density at radius 2 is 2.05 bits per heavy atom. The van der Waals surface area contributed by atoms with E-state index >= 15 is 0 Å². The minimum Gasteiger partial charge on any atom is -0.274 e. The van der Waals surface area contributed by atoms with E-state index in [0.29, 0.717) is 5.69 Å². The number of aryl methyl sites for hydroxylation is 1. The van der Waals surface area contributed by atoms with Gasteiger partial charge < -0.3 is 0 Å². The second-order valence-electron chi connectivity index (χ2n) is 4.36. The van der Waals surface area contributed by atoms with Gasteiger partial charge in [0.1, 0.15) is 11.4 Å². The van der Waals surface area contributed by atoms with Crippen molar-refractivity contribution >= 4 is 28.2 Å². The summed E-state index contributed by atoms with van der Waals surface area (Å²) >= 11 is 7.27. The summed E-state index contributed by atoms with van der Waals surface area (Å²) in [6, 6.07) is 13.4. The lowest BCUT2D eigenvalue weighted by Crippen LogP contribution is -2.06. The van der Waals surface area contributed by atoms with Gasteiger partial charge in [0, 0.05) is 0 Å². The predicted octanol–water partition coefficient (Wildman–Crippen LogP) is 4.29. The van der Waals surface area contributed by atoms with Crippen molar-refractivity contribution in [2.24, 2.45) is 0 Å². The molecule has 3 aromatic rings. The largest absolute Gasteiger partial charge is 0.274 e. The van der Waals surface area contributed by atoms with Gasteiger partial charge in [-0.3, -0.25) is 4.79 Å². The molecule has 0 saturated heterocycles. The Kier molecular flexibility index (Phi) is 3.42. The average molecular weight is 303 g/mol. The third-order valence-electron chi connectivity index (χ3n) is 3.03. The lowest BCUT2D eigenvalue weighted by Gasteiger charge is -2.07. The highest BCUT2D eigenvalue weighted by Gasteiger charge is 2.17. The van der Waals surface area contributed by atoms with Gasteiger partial charge >= 0.3 is 0 Å². The van der Waals surface area contributed by atoms with Crippen LogP contribution in [0.15, 0.2) is 47.8 Å². The van der Waals surface area contributed by atoms with Crippen LogP contribution in [0, 0.1) is 6.92 Å². The quantitative estimate of drug-likeness (QED) is 0.677. The van der Waals surface area contributed by atoms with E-state index < -0.39 is 5.24 Å². The number of halogens is 1. The van der Waals surface area contributed by atoms with Crippen LogP contribution in [-0.2, 0) is 0 Å². The highest BCUT2D eigenvalue weighted by Crippen LogP contribution is 2.27. The monoisotopic (exact) mass is 302 g/mol. The molecule has 0 N–H and O–H groups in total. The normalized spacial score (nSPS) is 10.7. The summed E-state index contributed by atoms with van der Waals surface area (Å²) in [4.78, 5) is 12.7. The molecule has 2 heterocycles. The van der Waals surface area contributed by atoms with Gasteiger partial charge in [0.15, 0.2) is 0 Å². The third kappa shape index (κ3) is 2.28. The molecule has 3 nitrogen and oxygen atoms in total. The molecule has 0 unspecified atom stereocenters. The summed E-state index contributed by atoms with van der Waals surface area (Å²) in [5.41, 5.74) is 3.03. The first-order valence-electron chi connectivity index (χ1n) is 6.06. The molecule has 2 aromatic heterocycles. The van der Waals surface area contributed by atoms with Crippen LogP contribution in [-0.4, -0.2) is 15.0 Å². The number of thiophene rings is 1. The number of hydrogen-bond acceptors (Lipinski definition) is 3. The molecule has 0 atom stereocenters. The molecule has 0 saturated carbocycles. The number of nitrogens with zero attached hydrogens (tertiary/aromatic N) is 2. The van der Waals surface area contributed by atoms with Crippen molar-refractivity contribution in [3.05, 3.63) is 59.1 Å². The fraction of sp³-hybridized carbons (Fsp3) is 0.0667. The zero-order chi connectivity index (χ0) is 14.1. The van der Waals surface area contributed by atoms with E-state index in [1.54, 1.807) is 22.1 Å². The highest BCUT2D eigenvalue weighted by atomic mass is 35.5. The zero-order valence-electron chi connectivity index (χ0n) is 10.7. The van der Waals surface area contributed by atoms with Gasteiger partial charge in [0.2, 0.25) is 0 Å². The van der Waals surface area contributed by atoms with E-state index in [0.717, 1.165) is 21.8 Å². The lowest BCUT2D eigenvalue weighted by atomic mass is 10.2. The summed E-state index contributed by atoms with van der Waals surface area (Å²) in [5.74, 6) is 0. The summed E-state index contributed by atoms with van der Waals surface area (Å²) in [5, 5.41) is 5.99. The van der Waals surface area contributed by atoms with Gasteiger partial charge in [-0.1, -0.05) is 24.3 Å². The summed E-state index contributed by atoms with van der Waals surface area (Å²) < 4.78 is 1.61. The molecule has 0 aliphatic carbocycles. The van der Waals surface area contributed by atoms with E-state index in [1.807, 2.05) is 48.7 Å². The zero-order valence-corrected chi connectivity index (χ0v) is 12.3. The predicted molar refractivity (Wildman–Crippen MR) is 81.8 cm³/mol. The smallest absolute Gasteiger partial charge is 0.270 e. The number of rotatable bonds is 3. The minimum atomic E-state index is -0.511. The third-order valence-corrected chi connectivity index (χ3v) is 4.11. The van der Waals surface area contributed by atoms with Gasteiger partial charge in [-0.15, -0.1) is 11.3 Å². The summed E-state index contributed by atoms with van der Waals surface area (Å²) in [7, 11) is 0. The van der Waals surface area contributed by atoms with Gasteiger partial charge in [-0.2, -0.15) is 5.10 Å². The van der Waals surface area contributed by atoms with Crippen LogP contribution in [0.2, 0.25) is 0 Å². The minimum absolute atomic E-state index is 0.379. The van der Waals surface area contributed by atoms with Crippen LogP contribution in [0.1, 0.15) is 16.1 Å². The first-order chi connectivity index (χ1) is 9.66. The average Bonchev–Trinajstić information content (AvgIpc) is 3.08. The molecule has 20 heavy (non-hydrogen) atoms. The molecule has 0 radical (unpaired) electrons. The lowest BCUT2D eigenvalue weighted by molar-refractivity contribution is 0.107. The van der Waals surface area contributed by atoms with Crippen LogP contribution < -0.4 is 0 Å². The van der Waals surface area contributed by atoms with Crippen molar-refractivity contribution in [1.29, 1.82) is 0 Å². The van der Waals surface area contributed by atoms with E-state index in [9.17, 15) is 4.79 Å². The van der Waals surface area contributed by atoms with Crippen molar-refractivity contribution < 1.29 is 4.79 Å². The van der Waals surface area contributed by atoms with Gasteiger partial charge in [0.25, 0.3) is 5.24 Å². The number of hydrogen-bond donors (Lipinski definition) is 0. The van der Waals surface area contributed by atoms with Crippen molar-refractivity contribution in [3.63, 3.8) is 0 Å². The Bertz CT molecular complexity index is 762. The van der Waals surface area contributed by atoms with E-state index in [4.69, 9.17) is 11.6 Å². The van der Waals surface area contributed by atoms with Crippen molar-refractivity contribution in [1.82, 2.24) is 9.78 Å². The van der Waals surface area contributed by atoms with Crippen LogP contribution in [0.4, 0.5) is 0 Å². The molecule has 5 heteroatoms. The molecule has 0 bridgehead atoms. The molecule has 0 spiro atoms. The topological polar surface area (TPSA) is 34.9 Å². The molecule has 0 aliphatic rings. The van der Waals surface area contributed by atoms with Crippen molar-refractivity contribution in [2.75, 3.05) is 0 Å². The molecular weight excluding hydrogens is 292 g/mol. The molecule has 1 aromatic carbocycles. The highest BCUT2D eigenvalue weighted by molar-refractivity contribution is 7.13. The van der Waals surface area contributed by atoms with E-state index in [2.05, 4.69) is 5.10 Å². The summed E-state index contributed by atoms with van der Waals surface area (Å²) in [6.45, 7) is 1.98. The first kappa shape index (κ1) is 13.1. The van der Waals surface area contributed by atoms with Crippen molar-refractivity contribution in [2.45, 2.75) is 6.92 Å². The van der Waals surface area contributed by atoms with Crippen LogP contribution in [0.3, 0.4) is 0 Å². The van der Waals surface area contributed by atoms with Crippen LogP contribution in [0.5, 0.6) is 0 Å². The van der Waals surface area contributed by atoms with Gasteiger partial charge in [-0.25, -0.2) is 4.68 Å². The first-order valence-corrected chi connectivity index (χ1v) is 7.32. The standard InChI is InChI=1S/C15H11ClN2OS/c1-10-5-2-3-6-12(10)18-13(15(16)19)9-11(17-18)14-7-4-8-20-14/h2-9H,1H3. The van der Waals surface area contributed by atoms with E-state index in [1.165, 1.54) is 0 Å². The Morgan fingerprint density at radius 3 is 2.70 bits per heavy atom. The number of carbonyl (C=O) groups excluding carboxylic acids is 1. The number of aromatic nitrogens is 2. The molecular formula is C15H11ClN2OS. The van der Waals surface area contributed by atoms with Gasteiger partial charge in [0.05, 0.1) is 10.6 Å². The Hall–Kier alpha value is -1.91. The van der Waals surface area contributed by atoms with E-state index in [-0.39, 0.29) is 0 Å². The number of para-hydroxylation sites is 1. The SMILES string of the molecule is Cc1ccccc1-n1nc(-c2cccs2)cc1C(=O)Cl. The molecule has 100 valence electrons. The number of carbonyl (C=O) groups is 1. The fourth-order valence-electron chi connectivity index (χ4n) is 2.05. The van der Waals surface area contributed by atoms with Gasteiger partial charge in [-0.05, 0) is 47.7 Å². The molecule has 0 amide bonds. The maximum Gasteiger partial charge on any atom is 0.270 e.